The second-order valence-electron chi connectivity index (χ2n) is 7.63. The van der Waals surface area contributed by atoms with Crippen LogP contribution in [0.25, 0.3) is 0 Å². The van der Waals surface area contributed by atoms with Gasteiger partial charge in [0.1, 0.15) is 0 Å². The molecule has 1 atom stereocenters. The Bertz CT molecular complexity index is 775. The third-order valence-electron chi connectivity index (χ3n) is 5.67. The number of aryl methyl sites for hydroxylation is 1. The number of benzene rings is 2. The van der Waals surface area contributed by atoms with Crippen LogP contribution in [-0.4, -0.2) is 41.1 Å². The number of aliphatic hydroxyl groups is 1. The maximum Gasteiger partial charge on any atom is 0.255 e. The Kier molecular flexibility index (Phi) is 6.30. The molecule has 0 aromatic heterocycles. The van der Waals surface area contributed by atoms with E-state index in [0.717, 1.165) is 19.4 Å². The molecule has 1 fully saturated rings. The molecule has 27 heavy (non-hydrogen) atoms. The number of rotatable bonds is 7. The standard InChI is InChI=1S/C23H30N2O2/c1-18-8-6-11-21(19(18)2)16-24-17-23(27)13-7-14-25(22(23)26)15-12-20-9-4-3-5-10-20/h3-6,8-11,24,27H,7,12-17H2,1-2H3/t23-/m1/s1. The van der Waals surface area contributed by atoms with E-state index < -0.39 is 5.60 Å². The molecule has 1 saturated heterocycles. The minimum atomic E-state index is -1.30. The molecule has 0 bridgehead atoms. The predicted octanol–water partition coefficient (Wildman–Crippen LogP) is 2.99. The molecule has 0 aliphatic carbocycles. The average molecular weight is 367 g/mol. The van der Waals surface area contributed by atoms with E-state index in [1.165, 1.54) is 22.3 Å². The predicted molar refractivity (Wildman–Crippen MR) is 109 cm³/mol. The summed E-state index contributed by atoms with van der Waals surface area (Å²) in [6.45, 7) is 6.54. The third kappa shape index (κ3) is 4.76. The summed E-state index contributed by atoms with van der Waals surface area (Å²) in [5.41, 5.74) is 3.65. The molecule has 2 aromatic rings. The first kappa shape index (κ1) is 19.6. The van der Waals surface area contributed by atoms with Gasteiger partial charge in [0.05, 0.1) is 0 Å². The van der Waals surface area contributed by atoms with Gasteiger partial charge in [0, 0.05) is 26.2 Å². The van der Waals surface area contributed by atoms with E-state index in [2.05, 4.69) is 43.4 Å². The van der Waals surface area contributed by atoms with Crippen LogP contribution in [0, 0.1) is 13.8 Å². The van der Waals surface area contributed by atoms with Crippen molar-refractivity contribution in [3.63, 3.8) is 0 Å². The van der Waals surface area contributed by atoms with E-state index in [0.29, 0.717) is 26.1 Å². The largest absolute Gasteiger partial charge is 0.379 e. The number of hydrogen-bond donors (Lipinski definition) is 2. The summed E-state index contributed by atoms with van der Waals surface area (Å²) < 4.78 is 0. The molecule has 3 rings (SSSR count). The highest BCUT2D eigenvalue weighted by Crippen LogP contribution is 2.23. The van der Waals surface area contributed by atoms with E-state index in [1.54, 1.807) is 0 Å². The Morgan fingerprint density at radius 1 is 1.11 bits per heavy atom. The fourth-order valence-electron chi connectivity index (χ4n) is 3.76. The van der Waals surface area contributed by atoms with Gasteiger partial charge < -0.3 is 15.3 Å². The Hall–Kier alpha value is -2.17. The zero-order chi connectivity index (χ0) is 19.3. The first-order chi connectivity index (χ1) is 13.0. The molecule has 1 aliphatic heterocycles. The molecule has 2 aromatic carbocycles. The Balaban J connectivity index is 1.56. The Morgan fingerprint density at radius 3 is 2.67 bits per heavy atom. The molecular weight excluding hydrogens is 336 g/mol. The van der Waals surface area contributed by atoms with Crippen molar-refractivity contribution in [2.75, 3.05) is 19.6 Å². The SMILES string of the molecule is Cc1cccc(CNC[C@]2(O)CCCN(CCc3ccccc3)C2=O)c1C. The van der Waals surface area contributed by atoms with Crippen LogP contribution in [0.2, 0.25) is 0 Å². The van der Waals surface area contributed by atoms with E-state index in [-0.39, 0.29) is 5.91 Å². The Morgan fingerprint density at radius 2 is 1.89 bits per heavy atom. The topological polar surface area (TPSA) is 52.6 Å². The number of likely N-dealkylation sites (tertiary alicyclic amines) is 1. The molecule has 0 saturated carbocycles. The lowest BCUT2D eigenvalue weighted by Gasteiger charge is -2.38. The molecule has 1 aliphatic rings. The maximum atomic E-state index is 12.9. The number of piperidine rings is 1. The normalized spacial score (nSPS) is 20.1. The number of nitrogens with zero attached hydrogens (tertiary/aromatic N) is 1. The summed E-state index contributed by atoms with van der Waals surface area (Å²) in [5.74, 6) is -0.141. The van der Waals surface area contributed by atoms with Gasteiger partial charge in [-0.2, -0.15) is 0 Å². The van der Waals surface area contributed by atoms with Crippen molar-refractivity contribution >= 4 is 5.91 Å². The van der Waals surface area contributed by atoms with Gasteiger partial charge in [-0.15, -0.1) is 0 Å². The van der Waals surface area contributed by atoms with Crippen LogP contribution < -0.4 is 5.32 Å². The minimum absolute atomic E-state index is 0.141. The summed E-state index contributed by atoms with van der Waals surface area (Å²) in [5, 5.41) is 14.3. The molecule has 144 valence electrons. The smallest absolute Gasteiger partial charge is 0.255 e. The van der Waals surface area contributed by atoms with E-state index in [4.69, 9.17) is 0 Å². The van der Waals surface area contributed by atoms with Crippen LogP contribution >= 0.6 is 0 Å². The Labute approximate surface area is 162 Å². The molecular formula is C23H30N2O2. The van der Waals surface area contributed by atoms with Crippen LogP contribution in [0.5, 0.6) is 0 Å². The van der Waals surface area contributed by atoms with Gasteiger partial charge in [0.25, 0.3) is 5.91 Å². The van der Waals surface area contributed by atoms with Crippen molar-refractivity contribution in [1.29, 1.82) is 0 Å². The first-order valence-electron chi connectivity index (χ1n) is 9.81. The summed E-state index contributed by atoms with van der Waals surface area (Å²) in [6, 6.07) is 16.4. The zero-order valence-electron chi connectivity index (χ0n) is 16.4. The van der Waals surface area contributed by atoms with Gasteiger partial charge in [0.15, 0.2) is 5.60 Å². The fraction of sp³-hybridized carbons (Fsp3) is 0.435. The molecule has 4 heteroatoms. The monoisotopic (exact) mass is 366 g/mol. The number of nitrogens with one attached hydrogen (secondary N) is 1. The molecule has 4 nitrogen and oxygen atoms in total. The summed E-state index contributed by atoms with van der Waals surface area (Å²) in [4.78, 5) is 14.7. The molecule has 0 spiro atoms. The second-order valence-corrected chi connectivity index (χ2v) is 7.63. The van der Waals surface area contributed by atoms with Gasteiger partial charge in [-0.3, -0.25) is 4.79 Å². The first-order valence-corrected chi connectivity index (χ1v) is 9.81. The van der Waals surface area contributed by atoms with Crippen molar-refractivity contribution in [3.8, 4) is 0 Å². The van der Waals surface area contributed by atoms with E-state index in [1.807, 2.05) is 29.2 Å². The molecule has 2 N–H and O–H groups in total. The quantitative estimate of drug-likeness (QED) is 0.792. The highest BCUT2D eigenvalue weighted by Gasteiger charge is 2.41. The lowest BCUT2D eigenvalue weighted by Crippen LogP contribution is -2.58. The van der Waals surface area contributed by atoms with Crippen LogP contribution in [0.4, 0.5) is 0 Å². The minimum Gasteiger partial charge on any atom is -0.379 e. The maximum absolute atomic E-state index is 12.9. The second kappa shape index (κ2) is 8.68. The fourth-order valence-corrected chi connectivity index (χ4v) is 3.76. The molecule has 1 amide bonds. The van der Waals surface area contributed by atoms with Crippen molar-refractivity contribution in [3.05, 3.63) is 70.8 Å². The molecule has 0 radical (unpaired) electrons. The molecule has 1 heterocycles. The highest BCUT2D eigenvalue weighted by atomic mass is 16.3. The highest BCUT2D eigenvalue weighted by molar-refractivity contribution is 5.86. The molecule has 0 unspecified atom stereocenters. The number of hydrogen-bond acceptors (Lipinski definition) is 3. The van der Waals surface area contributed by atoms with Crippen LogP contribution in [0.3, 0.4) is 0 Å². The van der Waals surface area contributed by atoms with Crippen molar-refractivity contribution in [1.82, 2.24) is 10.2 Å². The van der Waals surface area contributed by atoms with Crippen molar-refractivity contribution < 1.29 is 9.90 Å². The van der Waals surface area contributed by atoms with Crippen LogP contribution in [-0.2, 0) is 17.8 Å². The summed E-state index contributed by atoms with van der Waals surface area (Å²) in [6.07, 6.45) is 2.17. The lowest BCUT2D eigenvalue weighted by molar-refractivity contribution is -0.156. The van der Waals surface area contributed by atoms with Crippen LogP contribution in [0.1, 0.15) is 35.1 Å². The van der Waals surface area contributed by atoms with Crippen LogP contribution in [0.15, 0.2) is 48.5 Å². The van der Waals surface area contributed by atoms with Crippen molar-refractivity contribution in [2.45, 2.75) is 45.3 Å². The number of carbonyl (C=O) groups is 1. The number of carbonyl (C=O) groups excluding carboxylic acids is 1. The third-order valence-corrected chi connectivity index (χ3v) is 5.67. The zero-order valence-corrected chi connectivity index (χ0v) is 16.4. The lowest BCUT2D eigenvalue weighted by atomic mass is 9.91. The van der Waals surface area contributed by atoms with Gasteiger partial charge in [0.2, 0.25) is 0 Å². The van der Waals surface area contributed by atoms with Gasteiger partial charge in [-0.05, 0) is 55.4 Å². The average Bonchev–Trinajstić information content (AvgIpc) is 2.67. The summed E-state index contributed by atoms with van der Waals surface area (Å²) >= 11 is 0. The van der Waals surface area contributed by atoms with E-state index in [9.17, 15) is 9.90 Å². The van der Waals surface area contributed by atoms with Gasteiger partial charge >= 0.3 is 0 Å². The number of amides is 1. The van der Waals surface area contributed by atoms with Gasteiger partial charge in [-0.1, -0.05) is 48.5 Å². The van der Waals surface area contributed by atoms with E-state index >= 15 is 0 Å². The van der Waals surface area contributed by atoms with Crippen molar-refractivity contribution in [2.24, 2.45) is 0 Å². The van der Waals surface area contributed by atoms with Gasteiger partial charge in [-0.25, -0.2) is 0 Å². The summed E-state index contributed by atoms with van der Waals surface area (Å²) in [7, 11) is 0.